The molecule has 0 aromatic carbocycles. The first-order chi connectivity index (χ1) is 7.25. The second-order valence-corrected chi connectivity index (χ2v) is 4.90. The van der Waals surface area contributed by atoms with Gasteiger partial charge in [0.25, 0.3) is 0 Å². The second kappa shape index (κ2) is 4.63. The molecule has 0 heterocycles. The fourth-order valence-corrected chi connectivity index (χ4v) is 2.57. The monoisotopic (exact) mass is 238 g/mol. The van der Waals surface area contributed by atoms with Crippen molar-refractivity contribution in [3.05, 3.63) is 0 Å². The molecule has 5 heteroatoms. The second-order valence-electron chi connectivity index (χ2n) is 4.90. The van der Waals surface area contributed by atoms with Crippen LogP contribution in [-0.4, -0.2) is 17.3 Å². The Morgan fingerprint density at radius 2 is 2.12 bits per heavy atom. The molecule has 1 aliphatic carbocycles. The van der Waals surface area contributed by atoms with Crippen molar-refractivity contribution in [1.29, 1.82) is 0 Å². The first-order valence-electron chi connectivity index (χ1n) is 5.55. The lowest BCUT2D eigenvalue weighted by Crippen LogP contribution is -2.37. The Hall–Kier alpha value is -0.740. The molecule has 1 N–H and O–H groups in total. The van der Waals surface area contributed by atoms with E-state index in [1.54, 1.807) is 0 Å². The summed E-state index contributed by atoms with van der Waals surface area (Å²) in [5, 5.41) is 9.14. The lowest BCUT2D eigenvalue weighted by Gasteiger charge is -2.36. The van der Waals surface area contributed by atoms with Crippen molar-refractivity contribution < 1.29 is 23.1 Å². The smallest absolute Gasteiger partial charge is 0.389 e. The molecule has 0 aromatic rings. The van der Waals surface area contributed by atoms with E-state index < -0.39 is 24.0 Å². The fraction of sp³-hybridized carbons (Fsp3) is 0.909. The zero-order chi connectivity index (χ0) is 12.4. The van der Waals surface area contributed by atoms with Crippen LogP contribution in [0.15, 0.2) is 0 Å². The van der Waals surface area contributed by atoms with Crippen molar-refractivity contribution >= 4 is 5.97 Å². The summed E-state index contributed by atoms with van der Waals surface area (Å²) < 4.78 is 36.4. The summed E-state index contributed by atoms with van der Waals surface area (Å²) in [7, 11) is 0. The Bertz CT molecular complexity index is 262. The van der Waals surface area contributed by atoms with E-state index in [4.69, 9.17) is 5.11 Å². The lowest BCUT2D eigenvalue weighted by molar-refractivity contribution is -0.161. The van der Waals surface area contributed by atoms with Gasteiger partial charge in [0.2, 0.25) is 0 Å². The van der Waals surface area contributed by atoms with E-state index in [-0.39, 0.29) is 12.3 Å². The Kier molecular flexibility index (Phi) is 3.86. The van der Waals surface area contributed by atoms with Crippen molar-refractivity contribution in [3.8, 4) is 0 Å². The third-order valence-corrected chi connectivity index (χ3v) is 3.43. The molecule has 0 radical (unpaired) electrons. The molecular formula is C11H17F3O2. The van der Waals surface area contributed by atoms with Gasteiger partial charge in [0.1, 0.15) is 0 Å². The van der Waals surface area contributed by atoms with Gasteiger partial charge in [0.05, 0.1) is 5.41 Å². The molecule has 2 nitrogen and oxygen atoms in total. The summed E-state index contributed by atoms with van der Waals surface area (Å²) in [5.74, 6) is -0.860. The van der Waals surface area contributed by atoms with Crippen LogP contribution < -0.4 is 0 Å². The van der Waals surface area contributed by atoms with Crippen LogP contribution in [0.5, 0.6) is 0 Å². The molecule has 0 saturated heterocycles. The number of aliphatic carboxylic acids is 1. The number of alkyl halides is 3. The van der Waals surface area contributed by atoms with Crippen LogP contribution in [0, 0.1) is 11.3 Å². The minimum absolute atomic E-state index is 0.207. The first-order valence-corrected chi connectivity index (χ1v) is 5.55. The zero-order valence-electron chi connectivity index (χ0n) is 9.31. The standard InChI is InChI=1S/C11H17F3O2/c1-8-3-2-4-10(7-8,9(15)16)5-6-11(12,13)14/h8H,2-7H2,1H3,(H,15,16). The molecule has 0 aromatic heterocycles. The van der Waals surface area contributed by atoms with Crippen molar-refractivity contribution in [1.82, 2.24) is 0 Å². The average molecular weight is 238 g/mol. The molecule has 0 spiro atoms. The fourth-order valence-electron chi connectivity index (χ4n) is 2.57. The summed E-state index contributed by atoms with van der Waals surface area (Å²) in [4.78, 5) is 11.2. The van der Waals surface area contributed by atoms with Crippen molar-refractivity contribution in [3.63, 3.8) is 0 Å². The van der Waals surface area contributed by atoms with Gasteiger partial charge in [0.15, 0.2) is 0 Å². The number of carboxylic acid groups (broad SMARTS) is 1. The van der Waals surface area contributed by atoms with E-state index in [2.05, 4.69) is 0 Å². The maximum absolute atomic E-state index is 12.1. The molecule has 1 rings (SSSR count). The predicted molar refractivity (Wildman–Crippen MR) is 53.0 cm³/mol. The summed E-state index contributed by atoms with van der Waals surface area (Å²) in [6.45, 7) is 1.91. The molecule has 1 saturated carbocycles. The molecule has 2 atom stereocenters. The van der Waals surface area contributed by atoms with Crippen LogP contribution >= 0.6 is 0 Å². The van der Waals surface area contributed by atoms with E-state index in [0.717, 1.165) is 6.42 Å². The van der Waals surface area contributed by atoms with Crippen LogP contribution in [0.4, 0.5) is 13.2 Å². The SMILES string of the molecule is CC1CCCC(CCC(F)(F)F)(C(=O)O)C1. The van der Waals surface area contributed by atoms with Gasteiger partial charge in [0, 0.05) is 6.42 Å². The van der Waals surface area contributed by atoms with Gasteiger partial charge in [-0.2, -0.15) is 13.2 Å². The van der Waals surface area contributed by atoms with Gasteiger partial charge in [-0.05, 0) is 25.2 Å². The van der Waals surface area contributed by atoms with Crippen LogP contribution in [0.1, 0.15) is 45.4 Å². The van der Waals surface area contributed by atoms with Gasteiger partial charge in [-0.15, -0.1) is 0 Å². The molecule has 16 heavy (non-hydrogen) atoms. The van der Waals surface area contributed by atoms with E-state index in [1.165, 1.54) is 0 Å². The normalized spacial score (nSPS) is 31.4. The van der Waals surface area contributed by atoms with Crippen molar-refractivity contribution in [2.75, 3.05) is 0 Å². The number of carbonyl (C=O) groups is 1. The highest BCUT2D eigenvalue weighted by Crippen LogP contribution is 2.44. The van der Waals surface area contributed by atoms with Crippen molar-refractivity contribution in [2.45, 2.75) is 51.6 Å². The Morgan fingerprint density at radius 1 is 1.50 bits per heavy atom. The highest BCUT2D eigenvalue weighted by molar-refractivity contribution is 5.74. The third kappa shape index (κ3) is 3.39. The number of hydrogen-bond acceptors (Lipinski definition) is 1. The molecule has 0 aliphatic heterocycles. The third-order valence-electron chi connectivity index (χ3n) is 3.43. The van der Waals surface area contributed by atoms with Gasteiger partial charge in [-0.1, -0.05) is 19.8 Å². The maximum atomic E-state index is 12.1. The summed E-state index contributed by atoms with van der Waals surface area (Å²) in [6.07, 6.45) is -3.15. The molecule has 1 aliphatic rings. The molecular weight excluding hydrogens is 221 g/mol. The number of carboxylic acids is 1. The van der Waals surface area contributed by atoms with Gasteiger partial charge in [-0.25, -0.2) is 0 Å². The van der Waals surface area contributed by atoms with Gasteiger partial charge in [-0.3, -0.25) is 4.79 Å². The number of hydrogen-bond donors (Lipinski definition) is 1. The van der Waals surface area contributed by atoms with E-state index in [9.17, 15) is 18.0 Å². The minimum atomic E-state index is -4.26. The first kappa shape index (κ1) is 13.3. The number of halogens is 3. The maximum Gasteiger partial charge on any atom is 0.389 e. The quantitative estimate of drug-likeness (QED) is 0.815. The molecule has 2 unspecified atom stereocenters. The van der Waals surface area contributed by atoms with E-state index in [0.29, 0.717) is 19.3 Å². The summed E-state index contributed by atoms with van der Waals surface area (Å²) in [5.41, 5.74) is -1.15. The lowest BCUT2D eigenvalue weighted by atomic mass is 9.67. The molecule has 0 amide bonds. The van der Waals surface area contributed by atoms with Crippen LogP contribution in [0.3, 0.4) is 0 Å². The van der Waals surface area contributed by atoms with Crippen LogP contribution in [0.25, 0.3) is 0 Å². The van der Waals surface area contributed by atoms with E-state index >= 15 is 0 Å². The molecule has 0 bridgehead atoms. The number of rotatable bonds is 3. The topological polar surface area (TPSA) is 37.3 Å². The van der Waals surface area contributed by atoms with Gasteiger partial charge < -0.3 is 5.11 Å². The molecule has 1 fully saturated rings. The Labute approximate surface area is 92.8 Å². The largest absolute Gasteiger partial charge is 0.481 e. The Morgan fingerprint density at radius 3 is 2.56 bits per heavy atom. The van der Waals surface area contributed by atoms with Gasteiger partial charge >= 0.3 is 12.1 Å². The summed E-state index contributed by atoms with van der Waals surface area (Å²) in [6, 6.07) is 0. The van der Waals surface area contributed by atoms with Crippen LogP contribution in [0.2, 0.25) is 0 Å². The highest BCUT2D eigenvalue weighted by atomic mass is 19.4. The van der Waals surface area contributed by atoms with Crippen molar-refractivity contribution in [2.24, 2.45) is 11.3 Å². The minimum Gasteiger partial charge on any atom is -0.481 e. The predicted octanol–water partition coefficient (Wildman–Crippen LogP) is 3.61. The highest BCUT2D eigenvalue weighted by Gasteiger charge is 2.44. The van der Waals surface area contributed by atoms with E-state index in [1.807, 2.05) is 6.92 Å². The summed E-state index contributed by atoms with van der Waals surface area (Å²) >= 11 is 0. The zero-order valence-corrected chi connectivity index (χ0v) is 9.31. The average Bonchev–Trinajstić information content (AvgIpc) is 2.13. The van der Waals surface area contributed by atoms with Crippen LogP contribution in [-0.2, 0) is 4.79 Å². The Balaban J connectivity index is 2.69. The molecule has 94 valence electrons.